The van der Waals surface area contributed by atoms with Gasteiger partial charge in [0.1, 0.15) is 0 Å². The lowest BCUT2D eigenvalue weighted by atomic mass is 9.90. The largest absolute Gasteiger partial charge is 0.327 e. The number of halogens is 1. The fraction of sp³-hybridized carbons (Fsp3) is 0.455. The van der Waals surface area contributed by atoms with Crippen LogP contribution >= 0.6 is 27.7 Å². The Hall–Kier alpha value is 0.0100. The summed E-state index contributed by atoms with van der Waals surface area (Å²) in [6, 6.07) is 6.67. The van der Waals surface area contributed by atoms with Crippen molar-refractivity contribution in [2.75, 3.05) is 5.75 Å². The molecule has 1 heterocycles. The highest BCUT2D eigenvalue weighted by Crippen LogP contribution is 2.42. The lowest BCUT2D eigenvalue weighted by Gasteiger charge is -2.28. The van der Waals surface area contributed by atoms with Crippen molar-refractivity contribution < 1.29 is 0 Å². The van der Waals surface area contributed by atoms with Crippen molar-refractivity contribution in [1.82, 2.24) is 0 Å². The van der Waals surface area contributed by atoms with Crippen LogP contribution in [0.1, 0.15) is 24.8 Å². The van der Waals surface area contributed by atoms with Gasteiger partial charge >= 0.3 is 0 Å². The summed E-state index contributed by atoms with van der Waals surface area (Å²) >= 11 is 5.53. The van der Waals surface area contributed by atoms with Gasteiger partial charge in [0.25, 0.3) is 0 Å². The average molecular weight is 272 g/mol. The maximum absolute atomic E-state index is 6.01. The van der Waals surface area contributed by atoms with Gasteiger partial charge in [-0.25, -0.2) is 0 Å². The van der Waals surface area contributed by atoms with Gasteiger partial charge in [-0.3, -0.25) is 0 Å². The first-order valence-electron chi connectivity index (χ1n) is 4.87. The highest BCUT2D eigenvalue weighted by Gasteiger charge is 2.24. The van der Waals surface area contributed by atoms with E-state index in [-0.39, 0.29) is 6.04 Å². The highest BCUT2D eigenvalue weighted by atomic mass is 79.9. The molecule has 0 aromatic heterocycles. The molecule has 2 atom stereocenters. The number of benzene rings is 1. The minimum absolute atomic E-state index is 0.254. The van der Waals surface area contributed by atoms with Crippen LogP contribution in [0.15, 0.2) is 27.6 Å². The summed E-state index contributed by atoms with van der Waals surface area (Å²) in [6.07, 6.45) is 1.20. The molecule has 1 aliphatic rings. The van der Waals surface area contributed by atoms with Gasteiger partial charge in [0, 0.05) is 21.3 Å². The predicted octanol–water partition coefficient (Wildman–Crippen LogP) is 3.38. The second-order valence-corrected chi connectivity index (χ2v) is 5.72. The molecule has 0 saturated heterocycles. The molecule has 0 bridgehead atoms. The second kappa shape index (κ2) is 4.25. The Morgan fingerprint density at radius 3 is 3.07 bits per heavy atom. The maximum atomic E-state index is 6.01. The van der Waals surface area contributed by atoms with Crippen molar-refractivity contribution in [3.05, 3.63) is 28.2 Å². The number of hydrogen-bond acceptors (Lipinski definition) is 2. The molecule has 1 aromatic carbocycles. The van der Waals surface area contributed by atoms with E-state index < -0.39 is 0 Å². The van der Waals surface area contributed by atoms with Gasteiger partial charge in [-0.05, 0) is 46.7 Å². The average Bonchev–Trinajstić information content (AvgIpc) is 2.17. The van der Waals surface area contributed by atoms with Crippen LogP contribution < -0.4 is 5.73 Å². The van der Waals surface area contributed by atoms with E-state index in [1.54, 1.807) is 0 Å². The zero-order chi connectivity index (χ0) is 10.1. The predicted molar refractivity (Wildman–Crippen MR) is 65.9 cm³/mol. The van der Waals surface area contributed by atoms with Crippen molar-refractivity contribution in [3.8, 4) is 0 Å². The van der Waals surface area contributed by atoms with Crippen LogP contribution in [0.3, 0.4) is 0 Å². The van der Waals surface area contributed by atoms with Crippen LogP contribution in [0, 0.1) is 0 Å². The zero-order valence-electron chi connectivity index (χ0n) is 8.16. The van der Waals surface area contributed by atoms with Gasteiger partial charge in [-0.15, -0.1) is 11.8 Å². The molecule has 1 aliphatic heterocycles. The third-order valence-corrected chi connectivity index (χ3v) is 4.81. The third-order valence-electron chi connectivity index (χ3n) is 2.71. The summed E-state index contributed by atoms with van der Waals surface area (Å²) in [7, 11) is 0. The van der Waals surface area contributed by atoms with E-state index in [1.807, 2.05) is 11.8 Å². The Morgan fingerprint density at radius 1 is 1.57 bits per heavy atom. The molecule has 0 saturated carbocycles. The minimum atomic E-state index is 0.254. The molecule has 0 radical (unpaired) electrons. The Labute approximate surface area is 97.6 Å². The molecule has 2 rings (SSSR count). The quantitative estimate of drug-likeness (QED) is 0.848. The first-order chi connectivity index (χ1) is 6.70. The van der Waals surface area contributed by atoms with Crippen LogP contribution in [-0.2, 0) is 0 Å². The molecule has 1 nitrogen and oxygen atoms in total. The lowest BCUT2D eigenvalue weighted by Crippen LogP contribution is -2.27. The lowest BCUT2D eigenvalue weighted by molar-refractivity contribution is 0.542. The van der Waals surface area contributed by atoms with E-state index in [4.69, 9.17) is 5.73 Å². The zero-order valence-corrected chi connectivity index (χ0v) is 10.6. The van der Waals surface area contributed by atoms with Crippen LogP contribution in [0.2, 0.25) is 0 Å². The van der Waals surface area contributed by atoms with Gasteiger partial charge in [-0.2, -0.15) is 0 Å². The first kappa shape index (κ1) is 10.5. The number of fused-ring (bicyclic) bond motifs is 1. The monoisotopic (exact) mass is 271 g/mol. The van der Waals surface area contributed by atoms with E-state index in [0.717, 1.165) is 0 Å². The number of hydrogen-bond donors (Lipinski definition) is 1. The summed E-state index contributed by atoms with van der Waals surface area (Å²) in [5, 5.41) is 0. The van der Waals surface area contributed by atoms with Gasteiger partial charge in [-0.1, -0.05) is 12.1 Å². The molecule has 3 heteroatoms. The molecular formula is C11H14BrNS. The Balaban J connectivity index is 2.44. The fourth-order valence-electron chi connectivity index (χ4n) is 1.96. The molecule has 0 spiro atoms. The summed E-state index contributed by atoms with van der Waals surface area (Å²) < 4.78 is 1.21. The topological polar surface area (TPSA) is 26.0 Å². The van der Waals surface area contributed by atoms with Gasteiger partial charge in [0.15, 0.2) is 0 Å². The van der Waals surface area contributed by atoms with Crippen molar-refractivity contribution >= 4 is 27.7 Å². The van der Waals surface area contributed by atoms with Crippen LogP contribution in [-0.4, -0.2) is 11.8 Å². The summed E-state index contributed by atoms with van der Waals surface area (Å²) in [5.41, 5.74) is 7.43. The second-order valence-electron chi connectivity index (χ2n) is 3.76. The van der Waals surface area contributed by atoms with Crippen LogP contribution in [0.4, 0.5) is 0 Å². The van der Waals surface area contributed by atoms with E-state index in [1.165, 1.54) is 27.1 Å². The number of rotatable bonds is 1. The normalized spacial score (nSPS) is 22.9. The van der Waals surface area contributed by atoms with Gasteiger partial charge in [0.2, 0.25) is 0 Å². The summed E-state index contributed by atoms with van der Waals surface area (Å²) in [5.74, 6) is 1.71. The molecule has 0 aliphatic carbocycles. The molecule has 1 aromatic rings. The molecule has 0 fully saturated rings. The maximum Gasteiger partial charge on any atom is 0.0314 e. The Kier molecular flexibility index (Phi) is 3.20. The van der Waals surface area contributed by atoms with E-state index in [9.17, 15) is 0 Å². The van der Waals surface area contributed by atoms with Crippen LogP contribution in [0.25, 0.3) is 0 Å². The molecule has 2 unspecified atom stereocenters. The molecule has 14 heavy (non-hydrogen) atoms. The van der Waals surface area contributed by atoms with E-state index in [2.05, 4.69) is 41.1 Å². The molecular weight excluding hydrogens is 258 g/mol. The number of nitrogens with two attached hydrogens (primary N) is 1. The smallest absolute Gasteiger partial charge is 0.0314 e. The van der Waals surface area contributed by atoms with Crippen molar-refractivity contribution in [1.29, 1.82) is 0 Å². The summed E-state index contributed by atoms with van der Waals surface area (Å²) in [4.78, 5) is 1.39. The fourth-order valence-corrected chi connectivity index (χ4v) is 3.85. The molecule has 2 N–H and O–H groups in total. The van der Waals surface area contributed by atoms with E-state index >= 15 is 0 Å². The van der Waals surface area contributed by atoms with E-state index in [0.29, 0.717) is 5.92 Å². The summed E-state index contributed by atoms with van der Waals surface area (Å²) in [6.45, 7) is 2.10. The van der Waals surface area contributed by atoms with Gasteiger partial charge < -0.3 is 5.73 Å². The molecule has 0 amide bonds. The van der Waals surface area contributed by atoms with Crippen molar-refractivity contribution in [3.63, 3.8) is 0 Å². The minimum Gasteiger partial charge on any atom is -0.327 e. The highest BCUT2D eigenvalue weighted by molar-refractivity contribution is 9.10. The molecule has 76 valence electrons. The Morgan fingerprint density at radius 2 is 2.36 bits per heavy atom. The SMILES string of the molecule is CC(N)C1CCSc2c(Br)cccc21. The standard InChI is InChI=1S/C11H14BrNS/c1-7(13)8-5-6-14-11-9(8)3-2-4-10(11)12/h2-4,7-8H,5-6,13H2,1H3. The van der Waals surface area contributed by atoms with Crippen molar-refractivity contribution in [2.45, 2.75) is 30.2 Å². The Bertz CT molecular complexity index is 338. The number of thioether (sulfide) groups is 1. The first-order valence-corrected chi connectivity index (χ1v) is 6.65. The van der Waals surface area contributed by atoms with Crippen LogP contribution in [0.5, 0.6) is 0 Å². The van der Waals surface area contributed by atoms with Gasteiger partial charge in [0.05, 0.1) is 0 Å². The third kappa shape index (κ3) is 1.86. The van der Waals surface area contributed by atoms with Crippen molar-refractivity contribution in [2.24, 2.45) is 5.73 Å².